The minimum atomic E-state index is 0.422. The van der Waals surface area contributed by atoms with Crippen LogP contribution in [-0.4, -0.2) is 16.7 Å². The number of nitrogens with zero attached hydrogens (tertiary/aromatic N) is 2. The van der Waals surface area contributed by atoms with Gasteiger partial charge < -0.3 is 15.1 Å². The number of nitrogens with one attached hydrogen (secondary N) is 2. The molecule has 0 spiro atoms. The summed E-state index contributed by atoms with van der Waals surface area (Å²) in [7, 11) is 0. The third-order valence-electron chi connectivity index (χ3n) is 3.00. The fourth-order valence-electron chi connectivity index (χ4n) is 2.01. The van der Waals surface area contributed by atoms with Crippen LogP contribution in [-0.2, 0) is 6.54 Å². The van der Waals surface area contributed by atoms with Crippen molar-refractivity contribution in [3.05, 3.63) is 35.5 Å². The normalized spacial score (nSPS) is 11.4. The van der Waals surface area contributed by atoms with E-state index in [0.717, 1.165) is 12.2 Å². The van der Waals surface area contributed by atoms with Crippen LogP contribution in [0.2, 0.25) is 0 Å². The van der Waals surface area contributed by atoms with Crippen LogP contribution in [0.3, 0.4) is 0 Å². The topological polar surface area (TPSA) is 63.0 Å². The predicted molar refractivity (Wildman–Crippen MR) is 86.0 cm³/mol. The second-order valence-corrected chi connectivity index (χ2v) is 6.27. The lowest BCUT2D eigenvalue weighted by Crippen LogP contribution is -2.19. The molecule has 0 radical (unpaired) electrons. The molecule has 0 saturated heterocycles. The molecule has 0 saturated carbocycles. The average molecular weight is 302 g/mol. The lowest BCUT2D eigenvalue weighted by atomic mass is 10.2. The first kappa shape index (κ1) is 14.0. The van der Waals surface area contributed by atoms with Gasteiger partial charge in [0.1, 0.15) is 0 Å². The van der Waals surface area contributed by atoms with Crippen LogP contribution < -0.4 is 10.6 Å². The number of fused-ring (bicyclic) bond motifs is 1. The second-order valence-electron chi connectivity index (χ2n) is 5.32. The van der Waals surface area contributed by atoms with E-state index in [1.54, 1.807) is 11.3 Å². The molecule has 0 bridgehead atoms. The highest BCUT2D eigenvalue weighted by atomic mass is 32.1. The Morgan fingerprint density at radius 1 is 1.24 bits per heavy atom. The fraction of sp³-hybridized carbons (Fsp3) is 0.333. The van der Waals surface area contributed by atoms with E-state index in [0.29, 0.717) is 24.4 Å². The summed E-state index contributed by atoms with van der Waals surface area (Å²) in [6.07, 6.45) is 0. The van der Waals surface area contributed by atoms with Crippen LogP contribution >= 0.6 is 11.3 Å². The highest BCUT2D eigenvalue weighted by molar-refractivity contribution is 7.17. The first-order chi connectivity index (χ1) is 10.2. The van der Waals surface area contributed by atoms with Crippen LogP contribution in [0.5, 0.6) is 0 Å². The number of hydrogen-bond donors (Lipinski definition) is 2. The van der Waals surface area contributed by atoms with Crippen molar-refractivity contribution in [1.82, 2.24) is 15.5 Å². The Bertz CT molecular complexity index is 719. The van der Waals surface area contributed by atoms with E-state index in [2.05, 4.69) is 58.3 Å². The van der Waals surface area contributed by atoms with Gasteiger partial charge in [-0.2, -0.15) is 0 Å². The van der Waals surface area contributed by atoms with Crippen LogP contribution in [0.4, 0.5) is 11.7 Å². The molecule has 2 N–H and O–H groups in total. The Kier molecular flexibility index (Phi) is 4.17. The molecule has 110 valence electrons. The molecule has 5 nitrogen and oxygen atoms in total. The Balaban J connectivity index is 1.63. The molecule has 3 aromatic rings. The summed E-state index contributed by atoms with van der Waals surface area (Å²) >= 11 is 1.73. The molecule has 2 heterocycles. The van der Waals surface area contributed by atoms with E-state index in [-0.39, 0.29) is 0 Å². The summed E-state index contributed by atoms with van der Waals surface area (Å²) in [5.41, 5.74) is 0.950. The van der Waals surface area contributed by atoms with Crippen LogP contribution in [0.1, 0.15) is 19.7 Å². The van der Waals surface area contributed by atoms with Gasteiger partial charge in [-0.3, -0.25) is 0 Å². The molecule has 0 fully saturated rings. The third kappa shape index (κ3) is 3.59. The summed E-state index contributed by atoms with van der Waals surface area (Å²) in [6.45, 7) is 5.85. The van der Waals surface area contributed by atoms with E-state index in [1.807, 2.05) is 6.07 Å². The number of rotatable bonds is 6. The molecule has 0 atom stereocenters. The maximum absolute atomic E-state index is 5.57. The van der Waals surface area contributed by atoms with Crippen molar-refractivity contribution >= 4 is 33.1 Å². The molecular weight excluding hydrogens is 284 g/mol. The molecule has 0 aliphatic rings. The fourth-order valence-corrected chi connectivity index (χ4v) is 2.78. The quantitative estimate of drug-likeness (QED) is 0.725. The minimum absolute atomic E-state index is 0.422. The average Bonchev–Trinajstić information content (AvgIpc) is 3.07. The Morgan fingerprint density at radius 2 is 2.14 bits per heavy atom. The maximum Gasteiger partial charge on any atom is 0.320 e. The molecule has 3 rings (SSSR count). The Labute approximate surface area is 127 Å². The first-order valence-corrected chi connectivity index (χ1v) is 7.86. The van der Waals surface area contributed by atoms with Gasteiger partial charge in [-0.25, -0.2) is 0 Å². The molecule has 2 aromatic heterocycles. The summed E-state index contributed by atoms with van der Waals surface area (Å²) in [5, 5.41) is 17.7. The summed E-state index contributed by atoms with van der Waals surface area (Å²) in [4.78, 5) is 0. The van der Waals surface area contributed by atoms with Crippen molar-refractivity contribution < 1.29 is 4.42 Å². The number of benzene rings is 1. The van der Waals surface area contributed by atoms with Crippen molar-refractivity contribution in [2.45, 2.75) is 20.4 Å². The van der Waals surface area contributed by atoms with Gasteiger partial charge in [0.15, 0.2) is 0 Å². The van der Waals surface area contributed by atoms with E-state index in [4.69, 9.17) is 4.42 Å². The van der Waals surface area contributed by atoms with Gasteiger partial charge in [-0.15, -0.1) is 16.4 Å². The minimum Gasteiger partial charge on any atom is -0.406 e. The lowest BCUT2D eigenvalue weighted by molar-refractivity contribution is 0.460. The van der Waals surface area contributed by atoms with E-state index < -0.39 is 0 Å². The molecule has 1 aromatic carbocycles. The zero-order valence-corrected chi connectivity index (χ0v) is 12.9. The summed E-state index contributed by atoms with van der Waals surface area (Å²) in [6, 6.07) is 8.70. The van der Waals surface area contributed by atoms with Gasteiger partial charge in [-0.05, 0) is 47.5 Å². The zero-order valence-electron chi connectivity index (χ0n) is 12.1. The van der Waals surface area contributed by atoms with Gasteiger partial charge in [-0.1, -0.05) is 18.9 Å². The van der Waals surface area contributed by atoms with Gasteiger partial charge in [0, 0.05) is 10.4 Å². The number of aromatic nitrogens is 2. The molecule has 6 heteroatoms. The molecule has 21 heavy (non-hydrogen) atoms. The third-order valence-corrected chi connectivity index (χ3v) is 3.90. The largest absolute Gasteiger partial charge is 0.406 e. The van der Waals surface area contributed by atoms with Crippen molar-refractivity contribution in [3.8, 4) is 0 Å². The monoisotopic (exact) mass is 302 g/mol. The molecule has 0 aliphatic carbocycles. The number of hydrogen-bond acceptors (Lipinski definition) is 6. The highest BCUT2D eigenvalue weighted by Crippen LogP contribution is 2.25. The molecular formula is C15H18N4OS. The highest BCUT2D eigenvalue weighted by Gasteiger charge is 2.07. The smallest absolute Gasteiger partial charge is 0.320 e. The number of thiophene rings is 1. The van der Waals surface area contributed by atoms with E-state index in [1.165, 1.54) is 10.1 Å². The van der Waals surface area contributed by atoms with E-state index in [9.17, 15) is 0 Å². The van der Waals surface area contributed by atoms with Crippen LogP contribution in [0, 0.1) is 5.92 Å². The van der Waals surface area contributed by atoms with Gasteiger partial charge in [0.2, 0.25) is 5.89 Å². The van der Waals surface area contributed by atoms with Gasteiger partial charge in [0.05, 0.1) is 6.54 Å². The van der Waals surface area contributed by atoms with Crippen LogP contribution in [0.15, 0.2) is 34.1 Å². The Hall–Kier alpha value is -1.92. The van der Waals surface area contributed by atoms with Crippen LogP contribution in [0.25, 0.3) is 10.1 Å². The lowest BCUT2D eigenvalue weighted by Gasteiger charge is -2.04. The zero-order chi connectivity index (χ0) is 14.7. The second kappa shape index (κ2) is 6.24. The number of anilines is 2. The predicted octanol–water partition coefficient (Wildman–Crippen LogP) is 3.77. The van der Waals surface area contributed by atoms with Gasteiger partial charge in [0.25, 0.3) is 0 Å². The summed E-state index contributed by atoms with van der Waals surface area (Å²) < 4.78 is 6.84. The molecule has 0 unspecified atom stereocenters. The SMILES string of the molecule is CC(C)CNCc1nnc(Nc2ccc3sccc3c2)o1. The van der Waals surface area contributed by atoms with Gasteiger partial charge >= 0.3 is 6.01 Å². The van der Waals surface area contributed by atoms with Crippen molar-refractivity contribution in [2.24, 2.45) is 5.92 Å². The summed E-state index contributed by atoms with van der Waals surface area (Å²) in [5.74, 6) is 1.19. The molecule has 0 amide bonds. The van der Waals surface area contributed by atoms with Crippen molar-refractivity contribution in [1.29, 1.82) is 0 Å². The van der Waals surface area contributed by atoms with Crippen molar-refractivity contribution in [3.63, 3.8) is 0 Å². The molecule has 0 aliphatic heterocycles. The Morgan fingerprint density at radius 3 is 3.00 bits per heavy atom. The van der Waals surface area contributed by atoms with Crippen molar-refractivity contribution in [2.75, 3.05) is 11.9 Å². The van der Waals surface area contributed by atoms with E-state index >= 15 is 0 Å². The first-order valence-electron chi connectivity index (χ1n) is 6.98. The standard InChI is InChI=1S/C15H18N4OS/c1-10(2)8-16-9-14-18-19-15(20-14)17-12-3-4-13-11(7-12)5-6-21-13/h3-7,10,16H,8-9H2,1-2H3,(H,17,19). The maximum atomic E-state index is 5.57.